The molecule has 0 radical (unpaired) electrons. The Kier molecular flexibility index (Phi) is 5.14. The molecule has 6 heteroatoms. The molecule has 1 heterocycles. The van der Waals surface area contributed by atoms with Gasteiger partial charge >= 0.3 is 0 Å². The van der Waals surface area contributed by atoms with Crippen LogP contribution in [0.3, 0.4) is 0 Å². The lowest BCUT2D eigenvalue weighted by atomic mass is 10.3. The lowest BCUT2D eigenvalue weighted by Crippen LogP contribution is -2.28. The van der Waals surface area contributed by atoms with Gasteiger partial charge in [-0.25, -0.2) is 4.98 Å². The molecule has 1 aromatic carbocycles. The van der Waals surface area contributed by atoms with Gasteiger partial charge in [-0.1, -0.05) is 18.2 Å². The standard InChI is InChI=1S/C14H17N3O3/c1-15-9-13-17-12(10-20-13)14(18)16-7-8-19-11-5-3-2-4-6-11/h2-6,10,15H,7-9H2,1H3,(H,16,18). The third-order valence-corrected chi connectivity index (χ3v) is 2.51. The third kappa shape index (κ3) is 4.10. The molecular formula is C14H17N3O3. The second-order valence-corrected chi connectivity index (χ2v) is 4.07. The Hall–Kier alpha value is -2.34. The van der Waals surface area contributed by atoms with Crippen LogP contribution in [0.15, 0.2) is 41.0 Å². The maximum absolute atomic E-state index is 11.8. The first-order chi connectivity index (χ1) is 9.79. The molecule has 1 amide bonds. The van der Waals surface area contributed by atoms with Gasteiger partial charge in [-0.3, -0.25) is 4.79 Å². The fourth-order valence-electron chi connectivity index (χ4n) is 1.59. The molecule has 6 nitrogen and oxygen atoms in total. The van der Waals surface area contributed by atoms with Crippen molar-refractivity contribution < 1.29 is 13.9 Å². The molecule has 0 saturated heterocycles. The van der Waals surface area contributed by atoms with E-state index in [2.05, 4.69) is 15.6 Å². The van der Waals surface area contributed by atoms with Gasteiger partial charge in [-0.15, -0.1) is 0 Å². The van der Waals surface area contributed by atoms with Crippen molar-refractivity contribution >= 4 is 5.91 Å². The summed E-state index contributed by atoms with van der Waals surface area (Å²) in [4.78, 5) is 15.8. The van der Waals surface area contributed by atoms with Crippen LogP contribution in [-0.2, 0) is 6.54 Å². The van der Waals surface area contributed by atoms with E-state index in [9.17, 15) is 4.79 Å². The predicted molar refractivity (Wildman–Crippen MR) is 73.5 cm³/mol. The molecule has 20 heavy (non-hydrogen) atoms. The van der Waals surface area contributed by atoms with E-state index in [0.717, 1.165) is 5.75 Å². The monoisotopic (exact) mass is 275 g/mol. The van der Waals surface area contributed by atoms with Gasteiger partial charge in [0, 0.05) is 0 Å². The average Bonchev–Trinajstić information content (AvgIpc) is 2.94. The molecule has 0 aliphatic rings. The number of aromatic nitrogens is 1. The van der Waals surface area contributed by atoms with Gasteiger partial charge in [-0.05, 0) is 19.2 Å². The number of hydrogen-bond donors (Lipinski definition) is 2. The molecule has 0 aliphatic heterocycles. The van der Waals surface area contributed by atoms with Gasteiger partial charge in [0.05, 0.1) is 13.1 Å². The number of para-hydroxylation sites is 1. The summed E-state index contributed by atoms with van der Waals surface area (Å²) in [5, 5.41) is 5.62. The summed E-state index contributed by atoms with van der Waals surface area (Å²) >= 11 is 0. The maximum atomic E-state index is 11.8. The highest BCUT2D eigenvalue weighted by Gasteiger charge is 2.11. The van der Waals surface area contributed by atoms with Gasteiger partial charge in [0.2, 0.25) is 5.89 Å². The lowest BCUT2D eigenvalue weighted by molar-refractivity contribution is 0.0942. The van der Waals surface area contributed by atoms with E-state index in [-0.39, 0.29) is 11.6 Å². The van der Waals surface area contributed by atoms with Gasteiger partial charge in [-0.2, -0.15) is 0 Å². The van der Waals surface area contributed by atoms with Crippen molar-refractivity contribution in [2.24, 2.45) is 0 Å². The first-order valence-corrected chi connectivity index (χ1v) is 6.34. The number of nitrogens with one attached hydrogen (secondary N) is 2. The van der Waals surface area contributed by atoms with Crippen molar-refractivity contribution in [2.45, 2.75) is 6.54 Å². The zero-order valence-corrected chi connectivity index (χ0v) is 11.3. The van der Waals surface area contributed by atoms with E-state index >= 15 is 0 Å². The molecule has 0 fully saturated rings. The van der Waals surface area contributed by atoms with Crippen LogP contribution < -0.4 is 15.4 Å². The Labute approximate surface area is 117 Å². The van der Waals surface area contributed by atoms with Crippen LogP contribution in [-0.4, -0.2) is 31.1 Å². The molecule has 106 valence electrons. The number of nitrogens with zero attached hydrogens (tertiary/aromatic N) is 1. The molecule has 1 aromatic heterocycles. The van der Waals surface area contributed by atoms with E-state index in [4.69, 9.17) is 9.15 Å². The average molecular weight is 275 g/mol. The maximum Gasteiger partial charge on any atom is 0.273 e. The molecule has 2 N–H and O–H groups in total. The molecular weight excluding hydrogens is 258 g/mol. The van der Waals surface area contributed by atoms with Crippen LogP contribution >= 0.6 is 0 Å². The number of carbonyl (C=O) groups excluding carboxylic acids is 1. The quantitative estimate of drug-likeness (QED) is 0.743. The number of carbonyl (C=O) groups is 1. The molecule has 0 aliphatic carbocycles. The first kappa shape index (κ1) is 14.1. The number of amides is 1. The van der Waals surface area contributed by atoms with Gasteiger partial charge in [0.15, 0.2) is 5.69 Å². The zero-order chi connectivity index (χ0) is 14.2. The molecule has 2 rings (SSSR count). The first-order valence-electron chi connectivity index (χ1n) is 6.34. The summed E-state index contributed by atoms with van der Waals surface area (Å²) in [6, 6.07) is 9.44. The Morgan fingerprint density at radius 3 is 2.90 bits per heavy atom. The van der Waals surface area contributed by atoms with Crippen molar-refractivity contribution in [1.82, 2.24) is 15.6 Å². The van der Waals surface area contributed by atoms with Crippen molar-refractivity contribution in [2.75, 3.05) is 20.2 Å². The largest absolute Gasteiger partial charge is 0.492 e. The molecule has 0 bridgehead atoms. The van der Waals surface area contributed by atoms with Crippen molar-refractivity contribution in [1.29, 1.82) is 0 Å². The van der Waals surface area contributed by atoms with E-state index in [1.54, 1.807) is 7.05 Å². The predicted octanol–water partition coefficient (Wildman–Crippen LogP) is 1.20. The second kappa shape index (κ2) is 7.30. The molecule has 0 saturated carbocycles. The molecule has 0 spiro atoms. The third-order valence-electron chi connectivity index (χ3n) is 2.51. The Balaban J connectivity index is 1.72. The summed E-state index contributed by atoms with van der Waals surface area (Å²) in [5.41, 5.74) is 0.273. The van der Waals surface area contributed by atoms with E-state index < -0.39 is 0 Å². The number of benzene rings is 1. The van der Waals surface area contributed by atoms with Crippen molar-refractivity contribution in [3.05, 3.63) is 48.2 Å². The fourth-order valence-corrected chi connectivity index (χ4v) is 1.59. The number of ether oxygens (including phenoxy) is 1. The summed E-state index contributed by atoms with van der Waals surface area (Å²) < 4.78 is 10.6. The van der Waals surface area contributed by atoms with Crippen LogP contribution in [0.2, 0.25) is 0 Å². The number of oxazole rings is 1. The summed E-state index contributed by atoms with van der Waals surface area (Å²) in [7, 11) is 1.78. The minimum absolute atomic E-state index is 0.271. The smallest absolute Gasteiger partial charge is 0.273 e. The van der Waals surface area contributed by atoms with Crippen LogP contribution in [0.1, 0.15) is 16.4 Å². The van der Waals surface area contributed by atoms with E-state index in [1.807, 2.05) is 30.3 Å². The van der Waals surface area contributed by atoms with Gasteiger partial charge < -0.3 is 19.8 Å². The minimum Gasteiger partial charge on any atom is -0.492 e. The molecule has 0 unspecified atom stereocenters. The van der Waals surface area contributed by atoms with Gasteiger partial charge in [0.1, 0.15) is 18.6 Å². The normalized spacial score (nSPS) is 10.2. The Morgan fingerprint density at radius 2 is 2.15 bits per heavy atom. The zero-order valence-electron chi connectivity index (χ0n) is 11.3. The second-order valence-electron chi connectivity index (χ2n) is 4.07. The number of hydrogen-bond acceptors (Lipinski definition) is 5. The molecule has 0 atom stereocenters. The van der Waals surface area contributed by atoms with Crippen molar-refractivity contribution in [3.8, 4) is 5.75 Å². The van der Waals surface area contributed by atoms with E-state index in [0.29, 0.717) is 25.6 Å². The SMILES string of the molecule is CNCc1nc(C(=O)NCCOc2ccccc2)co1. The molecule has 2 aromatic rings. The Bertz CT molecular complexity index is 540. The lowest BCUT2D eigenvalue weighted by Gasteiger charge is -2.06. The topological polar surface area (TPSA) is 76.4 Å². The summed E-state index contributed by atoms with van der Waals surface area (Å²) in [6.45, 7) is 1.29. The van der Waals surface area contributed by atoms with Crippen molar-refractivity contribution in [3.63, 3.8) is 0 Å². The van der Waals surface area contributed by atoms with Crippen LogP contribution in [0.25, 0.3) is 0 Å². The van der Waals surface area contributed by atoms with Crippen LogP contribution in [0.4, 0.5) is 0 Å². The Morgan fingerprint density at radius 1 is 1.35 bits per heavy atom. The highest BCUT2D eigenvalue weighted by molar-refractivity contribution is 5.91. The highest BCUT2D eigenvalue weighted by atomic mass is 16.5. The summed E-state index contributed by atoms with van der Waals surface area (Å²) in [6.07, 6.45) is 1.35. The van der Waals surface area contributed by atoms with Crippen LogP contribution in [0.5, 0.6) is 5.75 Å². The minimum atomic E-state index is -0.271. The fraction of sp³-hybridized carbons (Fsp3) is 0.286. The summed E-state index contributed by atoms with van der Waals surface area (Å²) in [5.74, 6) is 0.991. The van der Waals surface area contributed by atoms with Crippen LogP contribution in [0, 0.1) is 0 Å². The van der Waals surface area contributed by atoms with Gasteiger partial charge in [0.25, 0.3) is 5.91 Å². The van der Waals surface area contributed by atoms with E-state index in [1.165, 1.54) is 6.26 Å². The number of rotatable bonds is 7. The highest BCUT2D eigenvalue weighted by Crippen LogP contribution is 2.07.